The number of H-pyrrole nitrogens is 1. The molecule has 1 aliphatic rings. The van der Waals surface area contributed by atoms with Crippen LogP contribution in [0.2, 0.25) is 0 Å². The maximum absolute atomic E-state index is 11.0. The predicted octanol–water partition coefficient (Wildman–Crippen LogP) is 1.50. The minimum atomic E-state index is -0.173. The van der Waals surface area contributed by atoms with Gasteiger partial charge in [-0.15, -0.1) is 0 Å². The highest BCUT2D eigenvalue weighted by atomic mass is 16.1. The van der Waals surface area contributed by atoms with Crippen molar-refractivity contribution in [2.75, 3.05) is 6.54 Å². The third kappa shape index (κ3) is 2.44. The number of hydrogen-bond donors (Lipinski definition) is 2. The van der Waals surface area contributed by atoms with Crippen LogP contribution in [0.4, 0.5) is 0 Å². The third-order valence-electron chi connectivity index (χ3n) is 3.77. The van der Waals surface area contributed by atoms with Gasteiger partial charge < -0.3 is 5.73 Å². The molecule has 1 atom stereocenters. The van der Waals surface area contributed by atoms with Gasteiger partial charge in [-0.1, -0.05) is 12.1 Å². The van der Waals surface area contributed by atoms with E-state index >= 15 is 0 Å². The fraction of sp³-hybridized carbons (Fsp3) is 0.333. The lowest BCUT2D eigenvalue weighted by atomic mass is 10.0. The molecule has 2 aromatic rings. The summed E-state index contributed by atoms with van der Waals surface area (Å²) in [6.07, 6.45) is 3.32. The van der Waals surface area contributed by atoms with Crippen molar-refractivity contribution in [2.24, 2.45) is 11.7 Å². The van der Waals surface area contributed by atoms with Crippen LogP contribution in [0.25, 0.3) is 11.3 Å². The smallest absolute Gasteiger partial charge is 0.264 e. The van der Waals surface area contributed by atoms with Crippen LogP contribution in [0.5, 0.6) is 0 Å². The first-order valence-corrected chi connectivity index (χ1v) is 6.64. The first-order chi connectivity index (χ1) is 9.26. The predicted molar refractivity (Wildman–Crippen MR) is 74.9 cm³/mol. The molecule has 0 radical (unpaired) electrons. The van der Waals surface area contributed by atoms with E-state index < -0.39 is 0 Å². The van der Waals surface area contributed by atoms with Gasteiger partial charge in [0, 0.05) is 11.6 Å². The van der Waals surface area contributed by atoms with Crippen LogP contribution < -0.4 is 11.3 Å². The summed E-state index contributed by atoms with van der Waals surface area (Å²) in [4.78, 5) is 11.0. The molecule has 1 aromatic heterocycles. The average molecular weight is 255 g/mol. The Morgan fingerprint density at radius 2 is 2.05 bits per heavy atom. The summed E-state index contributed by atoms with van der Waals surface area (Å²) in [5, 5.41) is 6.54. The van der Waals surface area contributed by atoms with Gasteiger partial charge in [0.25, 0.3) is 5.56 Å². The van der Waals surface area contributed by atoms with Gasteiger partial charge in [0.1, 0.15) is 0 Å². The van der Waals surface area contributed by atoms with Crippen molar-refractivity contribution in [1.29, 1.82) is 0 Å². The van der Waals surface area contributed by atoms with Crippen molar-refractivity contribution < 1.29 is 0 Å². The first-order valence-electron chi connectivity index (χ1n) is 6.64. The summed E-state index contributed by atoms with van der Waals surface area (Å²) in [6, 6.07) is 9.70. The largest absolute Gasteiger partial charge is 0.330 e. The molecule has 0 aliphatic heterocycles. The van der Waals surface area contributed by atoms with E-state index in [-0.39, 0.29) is 5.56 Å². The molecule has 0 saturated heterocycles. The second kappa shape index (κ2) is 4.97. The minimum Gasteiger partial charge on any atom is -0.330 e. The molecular formula is C15H17N3O. The number of nitrogens with two attached hydrogens (primary N) is 1. The zero-order valence-corrected chi connectivity index (χ0v) is 10.7. The maximum atomic E-state index is 11.0. The second-order valence-corrected chi connectivity index (χ2v) is 5.14. The van der Waals surface area contributed by atoms with Crippen molar-refractivity contribution in [3.8, 4) is 11.3 Å². The Morgan fingerprint density at radius 3 is 2.79 bits per heavy atom. The van der Waals surface area contributed by atoms with E-state index in [1.165, 1.54) is 17.2 Å². The summed E-state index contributed by atoms with van der Waals surface area (Å²) in [7, 11) is 0. The van der Waals surface area contributed by atoms with E-state index in [2.05, 4.69) is 28.4 Å². The lowest BCUT2D eigenvalue weighted by Crippen LogP contribution is -2.08. The average Bonchev–Trinajstić information content (AvgIpc) is 2.81. The summed E-state index contributed by atoms with van der Waals surface area (Å²) >= 11 is 0. The number of aromatic amines is 1. The molecule has 0 spiro atoms. The molecule has 1 aromatic carbocycles. The molecular weight excluding hydrogens is 238 g/mol. The topological polar surface area (TPSA) is 71.8 Å². The highest BCUT2D eigenvalue weighted by molar-refractivity contribution is 5.61. The Kier molecular flexibility index (Phi) is 3.17. The van der Waals surface area contributed by atoms with Gasteiger partial charge in [0.05, 0.1) is 5.69 Å². The van der Waals surface area contributed by atoms with Crippen LogP contribution >= 0.6 is 0 Å². The van der Waals surface area contributed by atoms with Gasteiger partial charge in [0.2, 0.25) is 0 Å². The highest BCUT2D eigenvalue weighted by Crippen LogP contribution is 2.31. The molecule has 1 unspecified atom stereocenters. The molecule has 98 valence electrons. The highest BCUT2D eigenvalue weighted by Gasteiger charge is 2.21. The van der Waals surface area contributed by atoms with Crippen molar-refractivity contribution >= 4 is 0 Å². The van der Waals surface area contributed by atoms with Crippen LogP contribution in [0.1, 0.15) is 17.5 Å². The molecule has 19 heavy (non-hydrogen) atoms. The third-order valence-corrected chi connectivity index (χ3v) is 3.77. The van der Waals surface area contributed by atoms with Crippen LogP contribution in [0, 0.1) is 5.92 Å². The fourth-order valence-corrected chi connectivity index (χ4v) is 2.81. The molecule has 1 heterocycles. The zero-order chi connectivity index (χ0) is 13.2. The lowest BCUT2D eigenvalue weighted by molar-refractivity contribution is 0.522. The Bertz CT molecular complexity index is 628. The SMILES string of the molecule is NCCC1Cc2ccc(-c3ccc(=O)[nH]n3)cc2C1. The van der Waals surface area contributed by atoms with E-state index in [9.17, 15) is 4.79 Å². The number of fused-ring (bicyclic) bond motifs is 1. The number of rotatable bonds is 3. The van der Waals surface area contributed by atoms with Crippen molar-refractivity contribution in [3.63, 3.8) is 0 Å². The number of aromatic nitrogens is 2. The number of hydrogen-bond acceptors (Lipinski definition) is 3. The Hall–Kier alpha value is -1.94. The minimum absolute atomic E-state index is 0.173. The van der Waals surface area contributed by atoms with E-state index in [1.807, 2.05) is 0 Å². The van der Waals surface area contributed by atoms with Gasteiger partial charge in [-0.25, -0.2) is 5.10 Å². The quantitative estimate of drug-likeness (QED) is 0.873. The van der Waals surface area contributed by atoms with Crippen molar-refractivity contribution in [3.05, 3.63) is 51.8 Å². The van der Waals surface area contributed by atoms with Crippen LogP contribution in [-0.2, 0) is 12.8 Å². The van der Waals surface area contributed by atoms with Crippen LogP contribution in [0.3, 0.4) is 0 Å². The van der Waals surface area contributed by atoms with Gasteiger partial charge in [-0.3, -0.25) is 4.79 Å². The summed E-state index contributed by atoms with van der Waals surface area (Å²) < 4.78 is 0. The molecule has 3 rings (SSSR count). The second-order valence-electron chi connectivity index (χ2n) is 5.14. The molecule has 0 fully saturated rings. The number of nitrogens with zero attached hydrogens (tertiary/aromatic N) is 1. The van der Waals surface area contributed by atoms with Gasteiger partial charge in [-0.05, 0) is 55.0 Å². The Morgan fingerprint density at radius 1 is 1.21 bits per heavy atom. The first kappa shape index (κ1) is 12.1. The van der Waals surface area contributed by atoms with Crippen molar-refractivity contribution in [2.45, 2.75) is 19.3 Å². The number of nitrogens with one attached hydrogen (secondary N) is 1. The number of benzene rings is 1. The Labute approximate surface area is 111 Å². The fourth-order valence-electron chi connectivity index (χ4n) is 2.81. The van der Waals surface area contributed by atoms with E-state index in [0.29, 0.717) is 5.92 Å². The van der Waals surface area contributed by atoms with E-state index in [4.69, 9.17) is 5.73 Å². The summed E-state index contributed by atoms with van der Waals surface area (Å²) in [5.41, 5.74) is 10.1. The normalized spacial score (nSPS) is 17.4. The van der Waals surface area contributed by atoms with Gasteiger partial charge in [-0.2, -0.15) is 5.10 Å². The van der Waals surface area contributed by atoms with E-state index in [0.717, 1.165) is 37.1 Å². The monoisotopic (exact) mass is 255 g/mol. The molecule has 4 nitrogen and oxygen atoms in total. The molecule has 0 saturated carbocycles. The summed E-state index contributed by atoms with van der Waals surface area (Å²) in [5.74, 6) is 0.679. The lowest BCUT2D eigenvalue weighted by Gasteiger charge is -2.04. The van der Waals surface area contributed by atoms with Gasteiger partial charge in [0.15, 0.2) is 0 Å². The van der Waals surface area contributed by atoms with Crippen LogP contribution in [-0.4, -0.2) is 16.7 Å². The maximum Gasteiger partial charge on any atom is 0.264 e. The summed E-state index contributed by atoms with van der Waals surface area (Å²) in [6.45, 7) is 0.757. The standard InChI is InChI=1S/C15H17N3O/c16-6-5-10-7-11-1-2-12(9-13(11)8-10)14-3-4-15(19)18-17-14/h1-4,9-10H,5-8,16H2,(H,18,19). The van der Waals surface area contributed by atoms with Gasteiger partial charge >= 0.3 is 0 Å². The molecule has 4 heteroatoms. The molecule has 3 N–H and O–H groups in total. The van der Waals surface area contributed by atoms with Crippen LogP contribution in [0.15, 0.2) is 35.1 Å². The van der Waals surface area contributed by atoms with Crippen molar-refractivity contribution in [1.82, 2.24) is 10.2 Å². The zero-order valence-electron chi connectivity index (χ0n) is 10.7. The molecule has 1 aliphatic carbocycles. The van der Waals surface area contributed by atoms with E-state index in [1.54, 1.807) is 6.07 Å². The molecule has 0 amide bonds. The Balaban J connectivity index is 1.89. The molecule has 0 bridgehead atoms.